The number of anilines is 2. The normalized spacial score (nSPS) is 15.5. The van der Waals surface area contributed by atoms with Crippen LogP contribution in [0.25, 0.3) is 22.5 Å². The number of aromatic nitrogens is 5. The first-order valence-electron chi connectivity index (χ1n) is 14.4. The molecular formula is C30H35BrFN7O4S. The van der Waals surface area contributed by atoms with E-state index in [1.807, 2.05) is 67.3 Å². The van der Waals surface area contributed by atoms with Crippen molar-refractivity contribution in [3.63, 3.8) is 0 Å². The molecule has 2 atom stereocenters. The molecule has 2 unspecified atom stereocenters. The lowest BCUT2D eigenvalue weighted by Gasteiger charge is -2.31. The van der Waals surface area contributed by atoms with Crippen LogP contribution in [0.1, 0.15) is 57.5 Å². The van der Waals surface area contributed by atoms with Gasteiger partial charge >= 0.3 is 0 Å². The number of halogens is 2. The molecule has 0 bridgehead atoms. The zero-order chi connectivity index (χ0) is 31.4. The SMILES string of the molecule is CCCCC1N(Cc2ccc(-c3ccccc3-c3nnnn3C(C)OCC)cc2)c2nc(CF)c(Br)cc2N1OS(C)(=O)=O. The van der Waals surface area contributed by atoms with Crippen LogP contribution in [0.2, 0.25) is 0 Å². The maximum absolute atomic E-state index is 13.9. The van der Waals surface area contributed by atoms with E-state index in [1.54, 1.807) is 10.7 Å². The van der Waals surface area contributed by atoms with Crippen molar-refractivity contribution >= 4 is 37.6 Å². The van der Waals surface area contributed by atoms with Crippen LogP contribution in [0.5, 0.6) is 0 Å². The molecule has 4 aromatic rings. The molecule has 0 aliphatic carbocycles. The highest BCUT2D eigenvalue weighted by Gasteiger charge is 2.40. The number of benzene rings is 2. The molecule has 0 amide bonds. The smallest absolute Gasteiger partial charge is 0.285 e. The Morgan fingerprint density at radius 2 is 1.82 bits per heavy atom. The molecular weight excluding hydrogens is 653 g/mol. The third kappa shape index (κ3) is 6.77. The van der Waals surface area contributed by atoms with Gasteiger partial charge in [-0.1, -0.05) is 61.9 Å². The fourth-order valence-electron chi connectivity index (χ4n) is 5.32. The molecule has 2 aromatic carbocycles. The minimum Gasteiger partial charge on any atom is -0.357 e. The molecule has 0 N–H and O–H groups in total. The fraction of sp³-hybridized carbons (Fsp3) is 0.400. The molecule has 1 aliphatic heterocycles. The maximum atomic E-state index is 13.9. The topological polar surface area (TPSA) is 116 Å². The molecule has 3 heterocycles. The number of fused-ring (bicyclic) bond motifs is 1. The second-order valence-corrected chi connectivity index (χ2v) is 12.9. The van der Waals surface area contributed by atoms with Crippen molar-refractivity contribution < 1.29 is 21.8 Å². The van der Waals surface area contributed by atoms with Gasteiger partial charge in [0.2, 0.25) is 0 Å². The summed E-state index contributed by atoms with van der Waals surface area (Å²) in [6, 6.07) is 17.7. The Morgan fingerprint density at radius 1 is 1.09 bits per heavy atom. The molecule has 0 fully saturated rings. The molecule has 2 aromatic heterocycles. The van der Waals surface area contributed by atoms with Gasteiger partial charge in [-0.15, -0.1) is 9.38 Å². The van der Waals surface area contributed by atoms with E-state index in [2.05, 4.69) is 43.4 Å². The van der Waals surface area contributed by atoms with Crippen LogP contribution in [0.3, 0.4) is 0 Å². The van der Waals surface area contributed by atoms with Gasteiger partial charge in [0.25, 0.3) is 10.1 Å². The van der Waals surface area contributed by atoms with Gasteiger partial charge in [-0.25, -0.2) is 14.4 Å². The number of hydrogen-bond acceptors (Lipinski definition) is 10. The summed E-state index contributed by atoms with van der Waals surface area (Å²) in [5, 5.41) is 13.7. The van der Waals surface area contributed by atoms with Gasteiger partial charge < -0.3 is 9.64 Å². The average molecular weight is 689 g/mol. The molecule has 0 saturated heterocycles. The number of alkyl halides is 1. The third-order valence-electron chi connectivity index (χ3n) is 7.34. The van der Waals surface area contributed by atoms with Crippen LogP contribution in [-0.4, -0.2) is 52.6 Å². The van der Waals surface area contributed by atoms with Crippen molar-refractivity contribution in [2.75, 3.05) is 22.8 Å². The monoisotopic (exact) mass is 687 g/mol. The fourth-order valence-corrected chi connectivity index (χ4v) is 6.20. The van der Waals surface area contributed by atoms with Gasteiger partial charge in [0, 0.05) is 23.2 Å². The number of hydrogen-bond donors (Lipinski definition) is 0. The lowest BCUT2D eigenvalue weighted by molar-refractivity contribution is 0.0159. The molecule has 5 rings (SSSR count). The Balaban J connectivity index is 1.49. The lowest BCUT2D eigenvalue weighted by Crippen LogP contribution is -2.44. The van der Waals surface area contributed by atoms with E-state index in [0.717, 1.165) is 41.4 Å². The Bertz CT molecular complexity index is 1700. The summed E-state index contributed by atoms with van der Waals surface area (Å²) in [6.45, 7) is 6.05. The van der Waals surface area contributed by atoms with Gasteiger partial charge in [-0.05, 0) is 75.8 Å². The number of rotatable bonds is 13. The first-order chi connectivity index (χ1) is 21.1. The lowest BCUT2D eigenvalue weighted by atomic mass is 9.98. The Kier molecular flexibility index (Phi) is 9.93. The molecule has 44 heavy (non-hydrogen) atoms. The van der Waals surface area contributed by atoms with Crippen LogP contribution in [0.15, 0.2) is 59.1 Å². The van der Waals surface area contributed by atoms with E-state index in [1.165, 1.54) is 5.06 Å². The van der Waals surface area contributed by atoms with E-state index in [4.69, 9.17) is 9.02 Å². The first kappa shape index (κ1) is 31.9. The highest BCUT2D eigenvalue weighted by atomic mass is 79.9. The summed E-state index contributed by atoms with van der Waals surface area (Å²) in [5.41, 5.74) is 4.45. The van der Waals surface area contributed by atoms with Gasteiger partial charge in [-0.2, -0.15) is 13.1 Å². The van der Waals surface area contributed by atoms with E-state index in [-0.39, 0.29) is 11.9 Å². The highest BCUT2D eigenvalue weighted by molar-refractivity contribution is 9.10. The molecule has 0 saturated carbocycles. The minimum absolute atomic E-state index is 0.233. The summed E-state index contributed by atoms with van der Waals surface area (Å²) in [6.07, 6.45) is 2.57. The predicted molar refractivity (Wildman–Crippen MR) is 170 cm³/mol. The average Bonchev–Trinajstić information content (AvgIpc) is 3.59. The second kappa shape index (κ2) is 13.7. The van der Waals surface area contributed by atoms with Crippen LogP contribution in [0.4, 0.5) is 15.9 Å². The number of unbranched alkanes of at least 4 members (excludes halogenated alkanes) is 1. The number of hydroxylamine groups is 1. The van der Waals surface area contributed by atoms with Gasteiger partial charge in [0.15, 0.2) is 17.9 Å². The number of nitrogens with zero attached hydrogens (tertiary/aromatic N) is 7. The number of pyridine rings is 1. The van der Waals surface area contributed by atoms with Gasteiger partial charge in [0.1, 0.15) is 18.5 Å². The van der Waals surface area contributed by atoms with Crippen LogP contribution < -0.4 is 9.96 Å². The molecule has 0 radical (unpaired) electrons. The zero-order valence-electron chi connectivity index (χ0n) is 25.0. The van der Waals surface area contributed by atoms with Crippen LogP contribution in [-0.2, 0) is 32.4 Å². The molecule has 234 valence electrons. The van der Waals surface area contributed by atoms with Crippen LogP contribution in [0, 0.1) is 0 Å². The van der Waals surface area contributed by atoms with Crippen molar-refractivity contribution in [3.05, 3.63) is 70.3 Å². The maximum Gasteiger partial charge on any atom is 0.285 e. The van der Waals surface area contributed by atoms with E-state index in [9.17, 15) is 12.8 Å². The largest absolute Gasteiger partial charge is 0.357 e. The Morgan fingerprint density at radius 3 is 2.48 bits per heavy atom. The molecule has 14 heteroatoms. The van der Waals surface area contributed by atoms with Crippen molar-refractivity contribution in [1.82, 2.24) is 25.2 Å². The Hall–Kier alpha value is -3.46. The highest BCUT2D eigenvalue weighted by Crippen LogP contribution is 2.44. The summed E-state index contributed by atoms with van der Waals surface area (Å²) in [4.78, 5) is 6.56. The van der Waals surface area contributed by atoms with E-state index in [0.29, 0.717) is 41.4 Å². The molecule has 1 aliphatic rings. The minimum atomic E-state index is -3.85. The van der Waals surface area contributed by atoms with Crippen molar-refractivity contribution in [1.29, 1.82) is 0 Å². The Labute approximate surface area is 265 Å². The van der Waals surface area contributed by atoms with Gasteiger partial charge in [-0.3, -0.25) is 0 Å². The van der Waals surface area contributed by atoms with Crippen molar-refractivity contribution in [2.24, 2.45) is 0 Å². The predicted octanol–water partition coefficient (Wildman–Crippen LogP) is 6.42. The standard InChI is InChI=1S/C30H35BrFN7O4S/c1-5-7-12-28-37(30-27(39(28)43-44(4,40)41)17-25(31)26(18-32)33-30)19-21-13-15-22(16-14-21)23-10-8-9-11-24(23)29-34-35-36-38(29)20(3)42-6-2/h8-11,13-17,20,28H,5-7,12,18-19H2,1-4H3. The van der Waals surface area contributed by atoms with Crippen LogP contribution >= 0.6 is 15.9 Å². The molecule has 11 nitrogen and oxygen atoms in total. The van der Waals surface area contributed by atoms with Crippen molar-refractivity contribution in [3.8, 4) is 22.5 Å². The summed E-state index contributed by atoms with van der Waals surface area (Å²) in [7, 11) is -3.85. The number of ether oxygens (including phenoxy) is 1. The summed E-state index contributed by atoms with van der Waals surface area (Å²) < 4.78 is 51.7. The second-order valence-electron chi connectivity index (χ2n) is 10.5. The number of tetrazole rings is 1. The van der Waals surface area contributed by atoms with Gasteiger partial charge in [0.05, 0.1) is 11.9 Å². The van der Waals surface area contributed by atoms with E-state index < -0.39 is 23.0 Å². The molecule has 0 spiro atoms. The summed E-state index contributed by atoms with van der Waals surface area (Å²) in [5.74, 6) is 1.07. The first-order valence-corrected chi connectivity index (χ1v) is 17.0. The van der Waals surface area contributed by atoms with Crippen molar-refractivity contribution in [2.45, 2.75) is 65.6 Å². The quantitative estimate of drug-likeness (QED) is 0.156. The zero-order valence-corrected chi connectivity index (χ0v) is 27.4. The van der Waals surface area contributed by atoms with E-state index >= 15 is 0 Å². The third-order valence-corrected chi connectivity index (χ3v) is 8.46. The summed E-state index contributed by atoms with van der Waals surface area (Å²) >= 11 is 3.37.